The lowest BCUT2D eigenvalue weighted by atomic mass is 9.99. The quantitative estimate of drug-likeness (QED) is 0.843. The summed E-state index contributed by atoms with van der Waals surface area (Å²) >= 11 is 0. The van der Waals surface area contributed by atoms with Crippen LogP contribution in [0.3, 0.4) is 0 Å². The third-order valence-corrected chi connectivity index (χ3v) is 3.37. The number of hydrogen-bond acceptors (Lipinski definition) is 3. The fraction of sp³-hybridized carbons (Fsp3) is 0.333. The Morgan fingerprint density at radius 1 is 1.10 bits per heavy atom. The van der Waals surface area contributed by atoms with Gasteiger partial charge in [-0.15, -0.1) is 0 Å². The van der Waals surface area contributed by atoms with Gasteiger partial charge in [-0.2, -0.15) is 0 Å². The summed E-state index contributed by atoms with van der Waals surface area (Å²) in [6.45, 7) is 2.81. The molecule has 2 aromatic carbocycles. The molecule has 21 heavy (non-hydrogen) atoms. The van der Waals surface area contributed by atoms with Gasteiger partial charge in [0.15, 0.2) is 0 Å². The van der Waals surface area contributed by atoms with Crippen molar-refractivity contribution in [3.8, 4) is 11.5 Å². The Labute approximate surface area is 126 Å². The molecule has 0 saturated heterocycles. The Morgan fingerprint density at radius 2 is 1.90 bits per heavy atom. The van der Waals surface area contributed by atoms with Gasteiger partial charge in [-0.05, 0) is 36.6 Å². The lowest BCUT2D eigenvalue weighted by molar-refractivity contribution is 0.312. The van der Waals surface area contributed by atoms with Crippen LogP contribution in [0.2, 0.25) is 0 Å². The van der Waals surface area contributed by atoms with Crippen molar-refractivity contribution in [3.05, 3.63) is 59.7 Å². The second-order valence-corrected chi connectivity index (χ2v) is 5.05. The van der Waals surface area contributed by atoms with E-state index in [1.54, 1.807) is 7.11 Å². The van der Waals surface area contributed by atoms with Crippen LogP contribution in [0.4, 0.5) is 0 Å². The van der Waals surface area contributed by atoms with Gasteiger partial charge in [0.1, 0.15) is 11.5 Å². The molecule has 0 radical (unpaired) electrons. The Bertz CT molecular complexity index is 569. The molecule has 1 unspecified atom stereocenters. The topological polar surface area (TPSA) is 44.5 Å². The highest BCUT2D eigenvalue weighted by molar-refractivity contribution is 5.37. The monoisotopic (exact) mass is 285 g/mol. The van der Waals surface area contributed by atoms with Crippen molar-refractivity contribution in [2.75, 3.05) is 13.7 Å². The van der Waals surface area contributed by atoms with E-state index in [0.29, 0.717) is 6.61 Å². The van der Waals surface area contributed by atoms with Crippen LogP contribution in [0.15, 0.2) is 48.5 Å². The Morgan fingerprint density at radius 3 is 2.67 bits per heavy atom. The first-order chi connectivity index (χ1) is 10.2. The summed E-state index contributed by atoms with van der Waals surface area (Å²) < 4.78 is 11.0. The van der Waals surface area contributed by atoms with Crippen molar-refractivity contribution in [3.63, 3.8) is 0 Å². The average molecular weight is 285 g/mol. The van der Waals surface area contributed by atoms with Crippen molar-refractivity contribution in [2.45, 2.75) is 25.8 Å². The van der Waals surface area contributed by atoms with Gasteiger partial charge >= 0.3 is 0 Å². The van der Waals surface area contributed by atoms with Gasteiger partial charge < -0.3 is 15.2 Å². The van der Waals surface area contributed by atoms with Crippen molar-refractivity contribution < 1.29 is 9.47 Å². The normalized spacial score (nSPS) is 12.0. The highest BCUT2D eigenvalue weighted by Gasteiger charge is 2.12. The van der Waals surface area contributed by atoms with E-state index in [2.05, 4.69) is 13.0 Å². The molecule has 1 atom stereocenters. The van der Waals surface area contributed by atoms with Crippen LogP contribution in [0.1, 0.15) is 30.5 Å². The minimum absolute atomic E-state index is 0.0924. The molecule has 0 bridgehead atoms. The van der Waals surface area contributed by atoms with Crippen LogP contribution < -0.4 is 15.2 Å². The van der Waals surface area contributed by atoms with Crippen molar-refractivity contribution in [1.29, 1.82) is 0 Å². The van der Waals surface area contributed by atoms with E-state index in [4.69, 9.17) is 15.2 Å². The highest BCUT2D eigenvalue weighted by Crippen LogP contribution is 2.27. The molecule has 3 nitrogen and oxygen atoms in total. The maximum atomic E-state index is 6.37. The summed E-state index contributed by atoms with van der Waals surface area (Å²) in [5.74, 6) is 1.74. The number of methoxy groups -OCH3 is 1. The maximum Gasteiger partial charge on any atom is 0.124 e. The molecule has 0 aliphatic carbocycles. The van der Waals surface area contributed by atoms with Gasteiger partial charge in [-0.25, -0.2) is 0 Å². The predicted molar refractivity (Wildman–Crippen MR) is 85.9 cm³/mol. The predicted octanol–water partition coefficient (Wildman–Crippen LogP) is 3.73. The Kier molecular flexibility index (Phi) is 5.64. The molecule has 0 spiro atoms. The molecule has 2 N–H and O–H groups in total. The first-order valence-electron chi connectivity index (χ1n) is 7.34. The number of nitrogens with two attached hydrogens (primary N) is 1. The highest BCUT2D eigenvalue weighted by atomic mass is 16.5. The minimum Gasteiger partial charge on any atom is -0.497 e. The number of hydrogen-bond donors (Lipinski definition) is 1. The van der Waals surface area contributed by atoms with E-state index < -0.39 is 0 Å². The Hall–Kier alpha value is -2.00. The number of benzene rings is 2. The van der Waals surface area contributed by atoms with Crippen molar-refractivity contribution >= 4 is 0 Å². The summed E-state index contributed by atoms with van der Waals surface area (Å²) in [6.07, 6.45) is 1.74. The first-order valence-corrected chi connectivity index (χ1v) is 7.34. The van der Waals surface area contributed by atoms with E-state index in [1.165, 1.54) is 0 Å². The smallest absolute Gasteiger partial charge is 0.124 e. The number of ether oxygens (including phenoxy) is 2. The van der Waals surface area contributed by atoms with E-state index in [1.807, 2.05) is 42.5 Å². The molecule has 0 aliphatic rings. The second kappa shape index (κ2) is 7.70. The van der Waals surface area contributed by atoms with Crippen LogP contribution in [-0.2, 0) is 6.42 Å². The lowest BCUT2D eigenvalue weighted by Crippen LogP contribution is -2.15. The van der Waals surface area contributed by atoms with Crippen LogP contribution in [0.25, 0.3) is 0 Å². The van der Waals surface area contributed by atoms with Crippen LogP contribution in [-0.4, -0.2) is 13.7 Å². The second-order valence-electron chi connectivity index (χ2n) is 5.05. The first kappa shape index (κ1) is 15.4. The van der Waals surface area contributed by atoms with Gasteiger partial charge in [0.25, 0.3) is 0 Å². The van der Waals surface area contributed by atoms with E-state index >= 15 is 0 Å². The standard InChI is InChI=1S/C18H23NO2/c1-3-11-21-18-10-5-4-9-16(18)17(19)13-14-7-6-8-15(12-14)20-2/h4-10,12,17H,3,11,13,19H2,1-2H3. The SMILES string of the molecule is CCCOc1ccccc1C(N)Cc1cccc(OC)c1. The summed E-state index contributed by atoms with van der Waals surface area (Å²) in [4.78, 5) is 0. The average Bonchev–Trinajstić information content (AvgIpc) is 2.53. The maximum absolute atomic E-state index is 6.37. The molecule has 2 rings (SSSR count). The molecule has 0 heterocycles. The molecule has 3 heteroatoms. The van der Waals surface area contributed by atoms with E-state index in [0.717, 1.165) is 35.5 Å². The van der Waals surface area contributed by atoms with Crippen LogP contribution >= 0.6 is 0 Å². The fourth-order valence-electron chi connectivity index (χ4n) is 2.29. The molecule has 0 amide bonds. The molecule has 2 aromatic rings. The van der Waals surface area contributed by atoms with Gasteiger partial charge in [0.2, 0.25) is 0 Å². The van der Waals surface area contributed by atoms with Gasteiger partial charge in [0.05, 0.1) is 13.7 Å². The number of rotatable bonds is 7. The van der Waals surface area contributed by atoms with E-state index in [9.17, 15) is 0 Å². The minimum atomic E-state index is -0.0924. The van der Waals surface area contributed by atoms with Gasteiger partial charge in [-0.3, -0.25) is 0 Å². The van der Waals surface area contributed by atoms with Crippen molar-refractivity contribution in [1.82, 2.24) is 0 Å². The molecule has 0 fully saturated rings. The third-order valence-electron chi connectivity index (χ3n) is 3.37. The molecular formula is C18H23NO2. The van der Waals surface area contributed by atoms with Crippen molar-refractivity contribution in [2.24, 2.45) is 5.73 Å². The fourth-order valence-corrected chi connectivity index (χ4v) is 2.29. The third kappa shape index (κ3) is 4.23. The molecule has 112 valence electrons. The lowest BCUT2D eigenvalue weighted by Gasteiger charge is -2.17. The van der Waals surface area contributed by atoms with Gasteiger partial charge in [-0.1, -0.05) is 37.3 Å². The summed E-state index contributed by atoms with van der Waals surface area (Å²) in [5.41, 5.74) is 8.58. The molecule has 0 saturated carbocycles. The molecule has 0 aliphatic heterocycles. The molecule has 0 aromatic heterocycles. The largest absolute Gasteiger partial charge is 0.497 e. The number of para-hydroxylation sites is 1. The zero-order valence-corrected chi connectivity index (χ0v) is 12.7. The molecular weight excluding hydrogens is 262 g/mol. The zero-order chi connectivity index (χ0) is 15.1. The van der Waals surface area contributed by atoms with Crippen LogP contribution in [0, 0.1) is 0 Å². The van der Waals surface area contributed by atoms with Crippen LogP contribution in [0.5, 0.6) is 11.5 Å². The summed E-state index contributed by atoms with van der Waals surface area (Å²) in [5, 5.41) is 0. The van der Waals surface area contributed by atoms with Gasteiger partial charge in [0, 0.05) is 11.6 Å². The summed E-state index contributed by atoms with van der Waals surface area (Å²) in [7, 11) is 1.67. The van der Waals surface area contributed by atoms with E-state index in [-0.39, 0.29) is 6.04 Å². The summed E-state index contributed by atoms with van der Waals surface area (Å²) in [6, 6.07) is 15.9. The zero-order valence-electron chi connectivity index (χ0n) is 12.7. The Balaban J connectivity index is 2.13.